The number of methoxy groups -OCH3 is 1. The highest BCUT2D eigenvalue weighted by Crippen LogP contribution is 2.33. The maximum atomic E-state index is 11.7. The normalized spacial score (nSPS) is 15.8. The molecule has 0 amide bonds. The number of aromatic nitrogens is 1. The predicted molar refractivity (Wildman–Crippen MR) is 85.7 cm³/mol. The summed E-state index contributed by atoms with van der Waals surface area (Å²) in [5.41, 5.74) is 0.860. The third-order valence-corrected chi connectivity index (χ3v) is 4.24. The topological polar surface area (TPSA) is 75.8 Å². The van der Waals surface area contributed by atoms with Crippen LogP contribution in [0.25, 0.3) is 11.3 Å². The highest BCUT2D eigenvalue weighted by molar-refractivity contribution is 5.99. The predicted octanol–water partition coefficient (Wildman–Crippen LogP) is 2.90. The lowest BCUT2D eigenvalue weighted by atomic mass is 9.97. The Kier molecular flexibility index (Phi) is 4.62. The van der Waals surface area contributed by atoms with Gasteiger partial charge in [0.2, 0.25) is 0 Å². The van der Waals surface area contributed by atoms with Crippen molar-refractivity contribution in [3.05, 3.63) is 35.9 Å². The van der Waals surface area contributed by atoms with Crippen LogP contribution in [0, 0.1) is 5.92 Å². The molecule has 1 aromatic heterocycles. The number of benzene rings is 1. The zero-order valence-electron chi connectivity index (χ0n) is 13.1. The molecule has 3 rings (SSSR count). The summed E-state index contributed by atoms with van der Waals surface area (Å²) >= 11 is 0. The maximum Gasteiger partial charge on any atom is 0.343 e. The minimum atomic E-state index is -1.01. The van der Waals surface area contributed by atoms with Crippen molar-refractivity contribution in [2.24, 2.45) is 5.92 Å². The third kappa shape index (κ3) is 3.22. The fraction of sp³-hybridized carbons (Fsp3) is 0.412. The molecule has 1 aliphatic heterocycles. The Morgan fingerprint density at radius 2 is 2.04 bits per heavy atom. The molecule has 2 aromatic rings. The Labute approximate surface area is 134 Å². The van der Waals surface area contributed by atoms with Crippen molar-refractivity contribution < 1.29 is 19.2 Å². The average Bonchev–Trinajstić information content (AvgIpc) is 3.02. The number of hydrogen-bond donors (Lipinski definition) is 1. The number of anilines is 1. The molecule has 6 heteroatoms. The van der Waals surface area contributed by atoms with Gasteiger partial charge < -0.3 is 19.3 Å². The number of aromatic carboxylic acids is 1. The molecule has 1 fully saturated rings. The summed E-state index contributed by atoms with van der Waals surface area (Å²) in [6.45, 7) is 2.26. The molecule has 1 saturated heterocycles. The van der Waals surface area contributed by atoms with Crippen LogP contribution in [0.4, 0.5) is 5.82 Å². The van der Waals surface area contributed by atoms with E-state index < -0.39 is 5.97 Å². The average molecular weight is 316 g/mol. The van der Waals surface area contributed by atoms with E-state index in [1.165, 1.54) is 0 Å². The molecule has 0 aliphatic carbocycles. The van der Waals surface area contributed by atoms with Gasteiger partial charge in [0.25, 0.3) is 0 Å². The van der Waals surface area contributed by atoms with Gasteiger partial charge in [-0.2, -0.15) is 0 Å². The zero-order chi connectivity index (χ0) is 16.2. The molecule has 23 heavy (non-hydrogen) atoms. The molecule has 1 aromatic carbocycles. The second-order valence-electron chi connectivity index (χ2n) is 5.77. The number of rotatable bonds is 5. The number of carbonyl (C=O) groups is 1. The molecular formula is C17H20N2O4. The first-order valence-corrected chi connectivity index (χ1v) is 7.73. The first-order valence-electron chi connectivity index (χ1n) is 7.73. The van der Waals surface area contributed by atoms with Crippen molar-refractivity contribution in [3.63, 3.8) is 0 Å². The highest BCUT2D eigenvalue weighted by atomic mass is 16.5. The van der Waals surface area contributed by atoms with Gasteiger partial charge in [-0.1, -0.05) is 35.5 Å². The number of hydrogen-bond acceptors (Lipinski definition) is 5. The first kappa shape index (κ1) is 15.6. The van der Waals surface area contributed by atoms with Crippen molar-refractivity contribution in [1.29, 1.82) is 0 Å². The monoisotopic (exact) mass is 316 g/mol. The van der Waals surface area contributed by atoms with E-state index in [9.17, 15) is 9.90 Å². The van der Waals surface area contributed by atoms with Crippen molar-refractivity contribution in [3.8, 4) is 11.3 Å². The standard InChI is InChI=1S/C17H20N2O4/c1-22-11-12-7-9-19(10-8-12)16-14(17(20)21)15(23-18-16)13-5-3-2-4-6-13/h2-6,12H,7-11H2,1H3,(H,20,21). The molecule has 0 atom stereocenters. The molecule has 2 heterocycles. The van der Waals surface area contributed by atoms with E-state index in [0.717, 1.165) is 38.1 Å². The van der Waals surface area contributed by atoms with Crippen LogP contribution in [0.5, 0.6) is 0 Å². The third-order valence-electron chi connectivity index (χ3n) is 4.24. The van der Waals surface area contributed by atoms with E-state index in [4.69, 9.17) is 9.26 Å². The fourth-order valence-electron chi connectivity index (χ4n) is 3.02. The fourth-order valence-corrected chi connectivity index (χ4v) is 3.02. The van der Waals surface area contributed by atoms with Crippen molar-refractivity contribution in [2.75, 3.05) is 31.7 Å². The Hall–Kier alpha value is -2.34. The Bertz CT molecular complexity index is 660. The largest absolute Gasteiger partial charge is 0.477 e. The van der Waals surface area contributed by atoms with Crippen LogP contribution < -0.4 is 4.90 Å². The molecule has 0 saturated carbocycles. The molecular weight excluding hydrogens is 296 g/mol. The summed E-state index contributed by atoms with van der Waals surface area (Å²) in [4.78, 5) is 13.7. The molecule has 6 nitrogen and oxygen atoms in total. The molecule has 122 valence electrons. The Morgan fingerprint density at radius 1 is 1.35 bits per heavy atom. The summed E-state index contributed by atoms with van der Waals surface area (Å²) < 4.78 is 10.6. The van der Waals surface area contributed by atoms with Crippen LogP contribution in [0.1, 0.15) is 23.2 Å². The number of nitrogens with zero attached hydrogens (tertiary/aromatic N) is 2. The summed E-state index contributed by atoms with van der Waals surface area (Å²) in [6, 6.07) is 9.21. The first-order chi connectivity index (χ1) is 11.2. The Balaban J connectivity index is 1.86. The summed E-state index contributed by atoms with van der Waals surface area (Å²) in [5.74, 6) is 0.239. The van der Waals surface area contributed by atoms with Gasteiger partial charge in [0, 0.05) is 32.4 Å². The lowest BCUT2D eigenvalue weighted by molar-refractivity contribution is 0.0697. The van der Waals surface area contributed by atoms with Gasteiger partial charge in [-0.3, -0.25) is 0 Å². The van der Waals surface area contributed by atoms with E-state index in [2.05, 4.69) is 5.16 Å². The number of ether oxygens (including phenoxy) is 1. The molecule has 0 spiro atoms. The van der Waals surface area contributed by atoms with E-state index in [1.54, 1.807) is 7.11 Å². The van der Waals surface area contributed by atoms with E-state index in [1.807, 2.05) is 35.2 Å². The van der Waals surface area contributed by atoms with Gasteiger partial charge in [0.05, 0.1) is 0 Å². The SMILES string of the molecule is COCC1CCN(c2noc(-c3ccccc3)c2C(=O)O)CC1. The minimum absolute atomic E-state index is 0.140. The lowest BCUT2D eigenvalue weighted by Crippen LogP contribution is -2.36. The van der Waals surface area contributed by atoms with Gasteiger partial charge in [0.15, 0.2) is 17.1 Å². The van der Waals surface area contributed by atoms with Crippen LogP contribution in [0.3, 0.4) is 0 Å². The molecule has 1 aliphatic rings. The quantitative estimate of drug-likeness (QED) is 0.914. The molecule has 0 bridgehead atoms. The summed E-state index contributed by atoms with van der Waals surface area (Å²) in [6.07, 6.45) is 1.92. The minimum Gasteiger partial charge on any atom is -0.477 e. The van der Waals surface area contributed by atoms with Crippen LogP contribution in [-0.4, -0.2) is 43.0 Å². The smallest absolute Gasteiger partial charge is 0.343 e. The van der Waals surface area contributed by atoms with Crippen molar-refractivity contribution in [2.45, 2.75) is 12.8 Å². The van der Waals surface area contributed by atoms with Gasteiger partial charge in [-0.25, -0.2) is 4.79 Å². The van der Waals surface area contributed by atoms with Gasteiger partial charge in [-0.05, 0) is 18.8 Å². The molecule has 0 unspecified atom stereocenters. The van der Waals surface area contributed by atoms with Crippen LogP contribution in [0.15, 0.2) is 34.9 Å². The second-order valence-corrected chi connectivity index (χ2v) is 5.77. The lowest BCUT2D eigenvalue weighted by Gasteiger charge is -2.31. The summed E-state index contributed by atoms with van der Waals surface area (Å²) in [7, 11) is 1.71. The molecule has 1 N–H and O–H groups in total. The van der Waals surface area contributed by atoms with E-state index in [-0.39, 0.29) is 5.56 Å². The van der Waals surface area contributed by atoms with Crippen LogP contribution >= 0.6 is 0 Å². The van der Waals surface area contributed by atoms with E-state index >= 15 is 0 Å². The van der Waals surface area contributed by atoms with Gasteiger partial charge in [0.1, 0.15) is 0 Å². The number of piperidine rings is 1. The second kappa shape index (κ2) is 6.83. The maximum absolute atomic E-state index is 11.7. The van der Waals surface area contributed by atoms with Crippen molar-refractivity contribution >= 4 is 11.8 Å². The van der Waals surface area contributed by atoms with Gasteiger partial charge in [-0.15, -0.1) is 0 Å². The van der Waals surface area contributed by atoms with Gasteiger partial charge >= 0.3 is 5.97 Å². The Morgan fingerprint density at radius 3 is 2.65 bits per heavy atom. The van der Waals surface area contributed by atoms with Crippen LogP contribution in [-0.2, 0) is 4.74 Å². The number of carboxylic acid groups (broad SMARTS) is 1. The number of carboxylic acids is 1. The van der Waals surface area contributed by atoms with E-state index in [0.29, 0.717) is 17.5 Å². The summed E-state index contributed by atoms with van der Waals surface area (Å²) in [5, 5.41) is 13.7. The molecule has 0 radical (unpaired) electrons. The van der Waals surface area contributed by atoms with Crippen LogP contribution in [0.2, 0.25) is 0 Å². The van der Waals surface area contributed by atoms with Crippen molar-refractivity contribution in [1.82, 2.24) is 5.16 Å². The highest BCUT2D eigenvalue weighted by Gasteiger charge is 2.29. The zero-order valence-corrected chi connectivity index (χ0v) is 13.1.